The number of fused-ring (bicyclic) bond motifs is 1. The quantitative estimate of drug-likeness (QED) is 0.320. The number of nitrogens with one attached hydrogen (secondary N) is 5. The molecule has 5 fully saturated rings. The zero-order valence-electron chi connectivity index (χ0n) is 22.3. The van der Waals surface area contributed by atoms with Crippen LogP contribution in [0, 0.1) is 23.2 Å². The Balaban J connectivity index is 1.20. The van der Waals surface area contributed by atoms with Gasteiger partial charge in [0.1, 0.15) is 12.2 Å². The Morgan fingerprint density at radius 3 is 2.31 bits per heavy atom. The van der Waals surface area contributed by atoms with Crippen LogP contribution in [0.15, 0.2) is 0 Å². The molecule has 4 heterocycles. The van der Waals surface area contributed by atoms with Gasteiger partial charge in [-0.1, -0.05) is 12.8 Å². The first-order valence-corrected chi connectivity index (χ1v) is 13.9. The Morgan fingerprint density at radius 1 is 0.923 bits per heavy atom. The van der Waals surface area contributed by atoms with Crippen LogP contribution in [-0.4, -0.2) is 110 Å². The van der Waals surface area contributed by atoms with Crippen LogP contribution in [0.2, 0.25) is 0 Å². The maximum absolute atomic E-state index is 13.8. The van der Waals surface area contributed by atoms with Gasteiger partial charge in [0.05, 0.1) is 37.9 Å². The van der Waals surface area contributed by atoms with E-state index in [1.807, 2.05) is 16.8 Å². The third-order valence-electron chi connectivity index (χ3n) is 9.46. The molecule has 0 aromatic rings. The predicted molar refractivity (Wildman–Crippen MR) is 131 cm³/mol. The highest BCUT2D eigenvalue weighted by Gasteiger charge is 2.53. The normalized spacial score (nSPS) is 40.8. The van der Waals surface area contributed by atoms with Crippen molar-refractivity contribution in [2.45, 2.75) is 87.5 Å². The van der Waals surface area contributed by atoms with E-state index in [4.69, 9.17) is 10.2 Å². The van der Waals surface area contributed by atoms with Gasteiger partial charge in [0.15, 0.2) is 5.96 Å². The number of hydrogen-bond acceptors (Lipinski definition) is 7. The fourth-order valence-corrected chi connectivity index (χ4v) is 7.28. The number of hydrogen-bond donors (Lipinski definition) is 5. The highest BCUT2D eigenvalue weighted by molar-refractivity contribution is 5.80. The highest BCUT2D eigenvalue weighted by atomic mass is 19.4. The first-order valence-electron chi connectivity index (χ1n) is 13.9. The maximum atomic E-state index is 13.8. The van der Waals surface area contributed by atoms with Gasteiger partial charge in [0.25, 0.3) is 0 Å². The van der Waals surface area contributed by atoms with Gasteiger partial charge < -0.3 is 20.0 Å². The molecule has 224 valence electrons. The summed E-state index contributed by atoms with van der Waals surface area (Å²) in [5.74, 6) is -1.67. The molecule has 0 aromatic carbocycles. The van der Waals surface area contributed by atoms with E-state index in [0.717, 1.165) is 6.42 Å². The van der Waals surface area contributed by atoms with Crippen LogP contribution in [0.5, 0.6) is 0 Å². The van der Waals surface area contributed by atoms with E-state index in [1.165, 1.54) is 12.2 Å². The van der Waals surface area contributed by atoms with E-state index in [1.54, 1.807) is 0 Å². The van der Waals surface area contributed by atoms with Crippen molar-refractivity contribution < 1.29 is 31.2 Å². The molecular formula is C24H40F6N8O. The Labute approximate surface area is 224 Å². The molecule has 4 aliphatic heterocycles. The topological polar surface area (TPSA) is 90.9 Å². The average Bonchev–Trinajstić information content (AvgIpc) is 3.44. The summed E-state index contributed by atoms with van der Waals surface area (Å²) in [5.41, 5.74) is 0. The molecule has 0 radical (unpaired) electrons. The fourth-order valence-electron chi connectivity index (χ4n) is 7.28. The Morgan fingerprint density at radius 2 is 1.67 bits per heavy atom. The summed E-state index contributed by atoms with van der Waals surface area (Å²) >= 11 is 0. The number of likely N-dealkylation sites (N-methyl/N-ethyl adjacent to an activating group) is 1. The summed E-state index contributed by atoms with van der Waals surface area (Å²) in [5, 5.41) is 22.9. The van der Waals surface area contributed by atoms with Crippen LogP contribution in [0.3, 0.4) is 0 Å². The molecule has 1 aliphatic carbocycles. The summed E-state index contributed by atoms with van der Waals surface area (Å²) in [4.78, 5) is 9.01. The van der Waals surface area contributed by atoms with Crippen molar-refractivity contribution in [2.24, 2.45) is 17.8 Å². The minimum Gasteiger partial charge on any atom is -0.338 e. The molecule has 5 aliphatic rings. The van der Waals surface area contributed by atoms with Crippen molar-refractivity contribution in [2.75, 3.05) is 40.3 Å². The SMILES string of the molecule is CON1CC(C(F)(F)F)NC1C1CCC(CN2C(=N)N(C)C3CNC(C4CCCCC4C(F)(F)F)NC32)NC1. The molecule has 0 spiro atoms. The molecule has 39 heavy (non-hydrogen) atoms. The molecule has 0 bridgehead atoms. The molecule has 0 amide bonds. The van der Waals surface area contributed by atoms with Crippen molar-refractivity contribution in [3.8, 4) is 0 Å². The number of rotatable bonds is 5. The van der Waals surface area contributed by atoms with E-state index in [2.05, 4.69) is 21.3 Å². The second-order valence-electron chi connectivity index (χ2n) is 11.7. The van der Waals surface area contributed by atoms with Crippen molar-refractivity contribution in [3.05, 3.63) is 0 Å². The second-order valence-corrected chi connectivity index (χ2v) is 11.7. The zero-order chi connectivity index (χ0) is 28.1. The maximum Gasteiger partial charge on any atom is 0.405 e. The van der Waals surface area contributed by atoms with Gasteiger partial charge in [-0.05, 0) is 31.6 Å². The number of guanidine groups is 1. The number of piperidine rings is 1. The summed E-state index contributed by atoms with van der Waals surface area (Å²) in [7, 11) is 3.21. The molecule has 1 saturated carbocycles. The number of halogens is 6. The van der Waals surface area contributed by atoms with Crippen LogP contribution in [0.4, 0.5) is 26.3 Å². The Bertz CT molecular complexity index is 869. The molecule has 4 saturated heterocycles. The monoisotopic (exact) mass is 570 g/mol. The standard InChI is InChI=1S/C24H40F6N8O/c1-36-17-10-33-19(15-5-3-4-6-16(15)23(25,26)27)35-21(17)37(22(36)31)11-14-8-7-13(9-32-14)20-34-18(24(28,29)30)12-38(20)39-2/h13-21,31-35H,3-12H2,1-2H3. The van der Waals surface area contributed by atoms with Gasteiger partial charge >= 0.3 is 12.4 Å². The lowest BCUT2D eigenvalue weighted by molar-refractivity contribution is -0.201. The molecule has 5 N–H and O–H groups in total. The average molecular weight is 571 g/mol. The van der Waals surface area contributed by atoms with E-state index < -0.39 is 42.6 Å². The molecule has 5 rings (SSSR count). The summed E-state index contributed by atoms with van der Waals surface area (Å²) in [6.07, 6.45) is -6.54. The largest absolute Gasteiger partial charge is 0.405 e. The minimum atomic E-state index is -4.35. The molecule has 9 nitrogen and oxygen atoms in total. The van der Waals surface area contributed by atoms with Crippen LogP contribution in [0.25, 0.3) is 0 Å². The highest BCUT2D eigenvalue weighted by Crippen LogP contribution is 2.43. The first kappa shape index (κ1) is 29.1. The number of nitrogens with zero attached hydrogens (tertiary/aromatic N) is 3. The molecule has 9 atom stereocenters. The van der Waals surface area contributed by atoms with Crippen molar-refractivity contribution in [3.63, 3.8) is 0 Å². The molecule has 9 unspecified atom stereocenters. The van der Waals surface area contributed by atoms with Crippen LogP contribution in [-0.2, 0) is 4.84 Å². The Hall–Kier alpha value is -1.39. The summed E-state index contributed by atoms with van der Waals surface area (Å²) < 4.78 is 81.2. The van der Waals surface area contributed by atoms with Crippen LogP contribution in [0.1, 0.15) is 38.5 Å². The Kier molecular flexibility index (Phi) is 8.30. The second kappa shape index (κ2) is 11.1. The van der Waals surface area contributed by atoms with Gasteiger partial charge in [-0.15, -0.1) is 0 Å². The van der Waals surface area contributed by atoms with Gasteiger partial charge in [0, 0.05) is 38.6 Å². The predicted octanol–water partition coefficient (Wildman–Crippen LogP) is 1.84. The van der Waals surface area contributed by atoms with E-state index in [-0.39, 0.29) is 37.1 Å². The van der Waals surface area contributed by atoms with Gasteiger partial charge in [-0.2, -0.15) is 31.4 Å². The molecule has 0 aromatic heterocycles. The number of alkyl halides is 6. The zero-order valence-corrected chi connectivity index (χ0v) is 22.3. The third kappa shape index (κ3) is 5.85. The van der Waals surface area contributed by atoms with E-state index in [9.17, 15) is 26.3 Å². The van der Waals surface area contributed by atoms with Crippen molar-refractivity contribution in [1.82, 2.24) is 36.1 Å². The van der Waals surface area contributed by atoms with Crippen LogP contribution >= 0.6 is 0 Å². The van der Waals surface area contributed by atoms with Crippen molar-refractivity contribution >= 4 is 5.96 Å². The molecular weight excluding hydrogens is 530 g/mol. The number of hydroxylamine groups is 2. The third-order valence-corrected chi connectivity index (χ3v) is 9.46. The lowest BCUT2D eigenvalue weighted by Gasteiger charge is -2.45. The summed E-state index contributed by atoms with van der Waals surface area (Å²) in [6.45, 7) is 1.20. The van der Waals surface area contributed by atoms with Gasteiger partial charge in [0.2, 0.25) is 0 Å². The lowest BCUT2D eigenvalue weighted by Crippen LogP contribution is -2.68. The first-order chi connectivity index (χ1) is 18.4. The van der Waals surface area contributed by atoms with Gasteiger partial charge in [-0.3, -0.25) is 21.4 Å². The van der Waals surface area contributed by atoms with Gasteiger partial charge in [-0.25, -0.2) is 0 Å². The fraction of sp³-hybridized carbons (Fsp3) is 0.958. The molecule has 15 heteroatoms. The smallest absolute Gasteiger partial charge is 0.338 e. The van der Waals surface area contributed by atoms with E-state index >= 15 is 0 Å². The minimum absolute atomic E-state index is 0.00250. The van der Waals surface area contributed by atoms with Crippen molar-refractivity contribution in [1.29, 1.82) is 5.41 Å². The van der Waals surface area contributed by atoms with Crippen LogP contribution < -0.4 is 21.3 Å². The lowest BCUT2D eigenvalue weighted by atomic mass is 9.76. The summed E-state index contributed by atoms with van der Waals surface area (Å²) in [6, 6.07) is -1.73. The van der Waals surface area contributed by atoms with E-state index in [0.29, 0.717) is 51.3 Å².